The van der Waals surface area contributed by atoms with Crippen LogP contribution < -0.4 is 15.4 Å². The van der Waals surface area contributed by atoms with Crippen molar-refractivity contribution in [3.05, 3.63) is 95.6 Å². The molecule has 3 aromatic carbocycles. The highest BCUT2D eigenvalue weighted by Crippen LogP contribution is 2.25. The molecule has 0 radical (unpaired) electrons. The smallest absolute Gasteiger partial charge is 0.198 e. The Morgan fingerprint density at radius 3 is 2.39 bits per heavy atom. The van der Waals surface area contributed by atoms with Gasteiger partial charge >= 0.3 is 0 Å². The lowest BCUT2D eigenvalue weighted by molar-refractivity contribution is 0.261. The second kappa shape index (κ2) is 12.8. The van der Waals surface area contributed by atoms with Gasteiger partial charge in [0.1, 0.15) is 12.4 Å². The highest BCUT2D eigenvalue weighted by molar-refractivity contribution is 5.94. The van der Waals surface area contributed by atoms with Gasteiger partial charge in [-0.15, -0.1) is 0 Å². The minimum absolute atomic E-state index is 0.341. The summed E-state index contributed by atoms with van der Waals surface area (Å²) >= 11 is 0. The van der Waals surface area contributed by atoms with E-state index in [1.165, 1.54) is 5.56 Å². The van der Waals surface area contributed by atoms with Crippen LogP contribution >= 0.6 is 0 Å². The third-order valence-corrected chi connectivity index (χ3v) is 6.80. The zero-order chi connectivity index (χ0) is 25.2. The van der Waals surface area contributed by atoms with Crippen LogP contribution in [0.3, 0.4) is 0 Å². The summed E-state index contributed by atoms with van der Waals surface area (Å²) in [6.07, 6.45) is 4.12. The molecule has 0 unspecified atom stereocenters. The van der Waals surface area contributed by atoms with E-state index in [2.05, 4.69) is 46.2 Å². The molecule has 1 saturated heterocycles. The molecule has 0 saturated carbocycles. The number of ether oxygens (including phenoxy) is 1. The van der Waals surface area contributed by atoms with Crippen molar-refractivity contribution in [2.75, 3.05) is 31.1 Å². The molecule has 36 heavy (non-hydrogen) atoms. The molecule has 0 spiro atoms. The fourth-order valence-electron chi connectivity index (χ4n) is 4.71. The minimum atomic E-state index is 0.341. The molecule has 1 fully saturated rings. The lowest BCUT2D eigenvalue weighted by Crippen LogP contribution is -2.48. The van der Waals surface area contributed by atoms with E-state index >= 15 is 0 Å². The van der Waals surface area contributed by atoms with Crippen LogP contribution in [0.5, 0.6) is 5.75 Å². The predicted octanol–water partition coefficient (Wildman–Crippen LogP) is 5.18. The van der Waals surface area contributed by atoms with E-state index in [0.29, 0.717) is 37.1 Å². The van der Waals surface area contributed by atoms with E-state index in [4.69, 9.17) is 15.9 Å². The molecule has 3 N–H and O–H groups in total. The number of nitrogens with one attached hydrogen (secondary N) is 1. The van der Waals surface area contributed by atoms with Gasteiger partial charge in [0.15, 0.2) is 5.96 Å². The molecule has 186 valence electrons. The van der Waals surface area contributed by atoms with Gasteiger partial charge in [-0.3, -0.25) is 5.41 Å². The fraction of sp³-hybridized carbons (Fsp3) is 0.333. The molecular formula is C30H35N5O. The van der Waals surface area contributed by atoms with Gasteiger partial charge in [0.25, 0.3) is 0 Å². The van der Waals surface area contributed by atoms with Gasteiger partial charge in [-0.2, -0.15) is 5.26 Å². The van der Waals surface area contributed by atoms with E-state index in [9.17, 15) is 5.26 Å². The Kier molecular flexibility index (Phi) is 8.96. The molecule has 3 aromatic rings. The Bertz CT molecular complexity index is 1150. The first-order chi connectivity index (χ1) is 17.7. The van der Waals surface area contributed by atoms with Crippen LogP contribution in [0.25, 0.3) is 0 Å². The number of hydrogen-bond acceptors (Lipinski definition) is 4. The maximum atomic E-state index is 9.28. The van der Waals surface area contributed by atoms with Crippen LogP contribution in [-0.4, -0.2) is 37.0 Å². The molecule has 4 rings (SSSR count). The lowest BCUT2D eigenvalue weighted by atomic mass is 9.90. The largest absolute Gasteiger partial charge is 0.489 e. The number of piperidine rings is 1. The quantitative estimate of drug-likeness (QED) is 0.325. The van der Waals surface area contributed by atoms with Crippen molar-refractivity contribution >= 4 is 11.6 Å². The average molecular weight is 482 g/mol. The Morgan fingerprint density at radius 2 is 1.69 bits per heavy atom. The van der Waals surface area contributed by atoms with Crippen molar-refractivity contribution in [2.45, 2.75) is 32.3 Å². The van der Waals surface area contributed by atoms with Gasteiger partial charge in [-0.05, 0) is 74.0 Å². The molecule has 1 aliphatic heterocycles. The van der Waals surface area contributed by atoms with Gasteiger partial charge in [-0.1, -0.05) is 48.5 Å². The number of guanidine groups is 1. The summed E-state index contributed by atoms with van der Waals surface area (Å²) < 4.78 is 5.93. The monoisotopic (exact) mass is 481 g/mol. The van der Waals surface area contributed by atoms with Crippen LogP contribution in [0.2, 0.25) is 0 Å². The Morgan fingerprint density at radius 1 is 1.00 bits per heavy atom. The number of nitrogens with two attached hydrogens (primary N) is 1. The molecular weight excluding hydrogens is 446 g/mol. The standard InChI is InChI=1S/C30H35N5O/c31-17-6-18-35(30(33)34-19-15-25(16-20-34)21-24-7-2-1-3-8-24)28-11-13-29(14-12-28)36-23-27-10-5-4-9-26(27)22-32/h1-5,7-14,25,33H,6,15-21,23,31H2. The second-order valence-corrected chi connectivity index (χ2v) is 9.29. The van der Waals surface area contributed by atoms with Gasteiger partial charge < -0.3 is 20.3 Å². The van der Waals surface area contributed by atoms with E-state index in [1.807, 2.05) is 42.5 Å². The lowest BCUT2D eigenvalue weighted by Gasteiger charge is -2.38. The van der Waals surface area contributed by atoms with Crippen LogP contribution in [0.4, 0.5) is 5.69 Å². The molecule has 0 aromatic heterocycles. The fourth-order valence-corrected chi connectivity index (χ4v) is 4.71. The number of rotatable bonds is 9. The molecule has 0 atom stereocenters. The number of anilines is 1. The molecule has 1 aliphatic rings. The summed E-state index contributed by atoms with van der Waals surface area (Å²) in [5, 5.41) is 18.3. The zero-order valence-electron chi connectivity index (χ0n) is 20.8. The maximum absolute atomic E-state index is 9.28. The van der Waals surface area contributed by atoms with Crippen molar-refractivity contribution in [1.29, 1.82) is 10.7 Å². The summed E-state index contributed by atoms with van der Waals surface area (Å²) in [4.78, 5) is 4.25. The zero-order valence-corrected chi connectivity index (χ0v) is 20.8. The highest BCUT2D eigenvalue weighted by atomic mass is 16.5. The van der Waals surface area contributed by atoms with Crippen LogP contribution in [0, 0.1) is 22.7 Å². The number of nitrogens with zero attached hydrogens (tertiary/aromatic N) is 3. The SMILES string of the molecule is N#Cc1ccccc1COc1ccc(N(CCCN)C(=N)N2CCC(Cc3ccccc3)CC2)cc1. The van der Waals surface area contributed by atoms with Crippen molar-refractivity contribution in [2.24, 2.45) is 11.7 Å². The van der Waals surface area contributed by atoms with Gasteiger partial charge in [0.05, 0.1) is 11.6 Å². The topological polar surface area (TPSA) is 89.4 Å². The third-order valence-electron chi connectivity index (χ3n) is 6.80. The average Bonchev–Trinajstić information content (AvgIpc) is 2.93. The summed E-state index contributed by atoms with van der Waals surface area (Å²) in [6, 6.07) is 28.2. The maximum Gasteiger partial charge on any atom is 0.198 e. The van der Waals surface area contributed by atoms with E-state index < -0.39 is 0 Å². The van der Waals surface area contributed by atoms with Crippen molar-refractivity contribution in [3.8, 4) is 11.8 Å². The third kappa shape index (κ3) is 6.65. The first-order valence-corrected chi connectivity index (χ1v) is 12.7. The summed E-state index contributed by atoms with van der Waals surface area (Å²) in [7, 11) is 0. The molecule has 1 heterocycles. The van der Waals surface area contributed by atoms with Crippen LogP contribution in [-0.2, 0) is 13.0 Å². The number of benzene rings is 3. The van der Waals surface area contributed by atoms with E-state index in [-0.39, 0.29) is 0 Å². The first-order valence-electron chi connectivity index (χ1n) is 12.7. The molecule has 6 nitrogen and oxygen atoms in total. The highest BCUT2D eigenvalue weighted by Gasteiger charge is 2.25. The molecule has 0 aliphatic carbocycles. The van der Waals surface area contributed by atoms with Crippen molar-refractivity contribution in [3.63, 3.8) is 0 Å². The number of hydrogen-bond donors (Lipinski definition) is 2. The number of nitriles is 1. The summed E-state index contributed by atoms with van der Waals surface area (Å²) in [5.41, 5.74) is 9.67. The van der Waals surface area contributed by atoms with E-state index in [0.717, 1.165) is 55.8 Å². The Balaban J connectivity index is 1.36. The Hall–Kier alpha value is -3.82. The predicted molar refractivity (Wildman–Crippen MR) is 145 cm³/mol. The summed E-state index contributed by atoms with van der Waals surface area (Å²) in [6.45, 7) is 3.43. The molecule has 0 bridgehead atoms. The molecule has 6 heteroatoms. The van der Waals surface area contributed by atoms with Crippen LogP contribution in [0.1, 0.15) is 36.0 Å². The van der Waals surface area contributed by atoms with E-state index in [1.54, 1.807) is 6.07 Å². The van der Waals surface area contributed by atoms with Gasteiger partial charge in [-0.25, -0.2) is 0 Å². The van der Waals surface area contributed by atoms with Crippen LogP contribution in [0.15, 0.2) is 78.9 Å². The van der Waals surface area contributed by atoms with Gasteiger partial charge in [0.2, 0.25) is 0 Å². The van der Waals surface area contributed by atoms with Crippen molar-refractivity contribution in [1.82, 2.24) is 4.90 Å². The second-order valence-electron chi connectivity index (χ2n) is 9.29. The van der Waals surface area contributed by atoms with Gasteiger partial charge in [0, 0.05) is 30.9 Å². The summed E-state index contributed by atoms with van der Waals surface area (Å²) in [5.74, 6) is 1.94. The number of likely N-dealkylation sites (tertiary alicyclic amines) is 1. The van der Waals surface area contributed by atoms with Crippen molar-refractivity contribution < 1.29 is 4.74 Å². The molecule has 0 amide bonds. The first kappa shape index (κ1) is 25.3. The minimum Gasteiger partial charge on any atom is -0.489 e. The Labute approximate surface area is 214 Å². The normalized spacial score (nSPS) is 13.7.